The number of anilines is 1. The Morgan fingerprint density at radius 1 is 1.35 bits per heavy atom. The van der Waals surface area contributed by atoms with E-state index in [0.717, 1.165) is 12.1 Å². The average Bonchev–Trinajstić information content (AvgIpc) is 2.25. The zero-order valence-electron chi connectivity index (χ0n) is 10.2. The van der Waals surface area contributed by atoms with Crippen LogP contribution in [0.2, 0.25) is 0 Å². The molecule has 1 fully saturated rings. The lowest BCUT2D eigenvalue weighted by Crippen LogP contribution is -2.29. The van der Waals surface area contributed by atoms with Crippen LogP contribution >= 0.6 is 0 Å². The highest BCUT2D eigenvalue weighted by molar-refractivity contribution is 6.04. The van der Waals surface area contributed by atoms with Crippen molar-refractivity contribution >= 4 is 17.3 Å². The molecular weight excluding hydrogens is 214 g/mol. The highest BCUT2D eigenvalue weighted by Crippen LogP contribution is 2.31. The van der Waals surface area contributed by atoms with E-state index in [4.69, 9.17) is 0 Å². The first-order chi connectivity index (χ1) is 8.05. The lowest BCUT2D eigenvalue weighted by Gasteiger charge is -2.29. The third kappa shape index (κ3) is 3.37. The molecule has 1 aliphatic rings. The normalized spacial score (nSPS) is 21.5. The van der Waals surface area contributed by atoms with Gasteiger partial charge in [-0.25, -0.2) is 4.98 Å². The summed E-state index contributed by atoms with van der Waals surface area (Å²) in [4.78, 5) is 15.7. The number of nitrogens with one attached hydrogen (secondary N) is 1. The average molecular weight is 231 g/mol. The van der Waals surface area contributed by atoms with Crippen LogP contribution in [0.1, 0.15) is 33.1 Å². The van der Waals surface area contributed by atoms with Crippen LogP contribution in [-0.2, 0) is 4.79 Å². The minimum Gasteiger partial charge on any atom is -0.299 e. The molecule has 0 saturated heterocycles. The number of rotatable bonds is 2. The van der Waals surface area contributed by atoms with Crippen molar-refractivity contribution in [2.24, 2.45) is 10.5 Å². The summed E-state index contributed by atoms with van der Waals surface area (Å²) in [5.74, 6) is 0.971. The second-order valence-electron chi connectivity index (χ2n) is 5.24. The molecule has 0 atom stereocenters. The lowest BCUT2D eigenvalue weighted by atomic mass is 9.76. The van der Waals surface area contributed by atoms with Crippen LogP contribution in [0.25, 0.3) is 0 Å². The van der Waals surface area contributed by atoms with Crippen molar-refractivity contribution < 1.29 is 4.79 Å². The molecule has 0 radical (unpaired) electrons. The van der Waals surface area contributed by atoms with E-state index < -0.39 is 0 Å². The molecule has 1 saturated carbocycles. The number of carbonyl (C=O) groups excluding carboxylic acids is 1. The van der Waals surface area contributed by atoms with Crippen LogP contribution in [0.3, 0.4) is 0 Å². The number of aromatic nitrogens is 1. The van der Waals surface area contributed by atoms with E-state index in [9.17, 15) is 4.79 Å². The first-order valence-corrected chi connectivity index (χ1v) is 5.79. The van der Waals surface area contributed by atoms with Crippen LogP contribution in [-0.4, -0.2) is 16.5 Å². The van der Waals surface area contributed by atoms with Crippen molar-refractivity contribution in [3.63, 3.8) is 0 Å². The van der Waals surface area contributed by atoms with Gasteiger partial charge in [-0.3, -0.25) is 10.2 Å². The van der Waals surface area contributed by atoms with Crippen LogP contribution in [0, 0.1) is 5.41 Å². The summed E-state index contributed by atoms with van der Waals surface area (Å²) in [6.07, 6.45) is 3.68. The Bertz CT molecular complexity index is 437. The molecule has 0 unspecified atom stereocenters. The summed E-state index contributed by atoms with van der Waals surface area (Å²) >= 11 is 0. The van der Waals surface area contributed by atoms with Gasteiger partial charge in [0, 0.05) is 24.8 Å². The molecule has 90 valence electrons. The fourth-order valence-corrected chi connectivity index (χ4v) is 2.15. The first kappa shape index (κ1) is 11.8. The molecule has 1 aromatic heterocycles. The maximum Gasteiger partial charge on any atom is 0.146 e. The smallest absolute Gasteiger partial charge is 0.146 e. The van der Waals surface area contributed by atoms with Gasteiger partial charge in [-0.2, -0.15) is 5.10 Å². The van der Waals surface area contributed by atoms with E-state index in [1.54, 1.807) is 6.20 Å². The van der Waals surface area contributed by atoms with Gasteiger partial charge in [-0.05, 0) is 24.0 Å². The van der Waals surface area contributed by atoms with Gasteiger partial charge in [-0.15, -0.1) is 0 Å². The number of hydrogen-bond donors (Lipinski definition) is 1. The molecule has 1 N–H and O–H groups in total. The van der Waals surface area contributed by atoms with E-state index in [1.165, 1.54) is 0 Å². The Morgan fingerprint density at radius 2 is 2.18 bits per heavy atom. The maximum absolute atomic E-state index is 11.6. The predicted octanol–water partition coefficient (Wildman–Crippen LogP) is 2.63. The quantitative estimate of drug-likeness (QED) is 0.796. The molecule has 2 rings (SSSR count). The van der Waals surface area contributed by atoms with E-state index in [1.807, 2.05) is 18.2 Å². The Kier molecular flexibility index (Phi) is 3.22. The van der Waals surface area contributed by atoms with Crippen molar-refractivity contribution in [3.8, 4) is 0 Å². The fourth-order valence-electron chi connectivity index (χ4n) is 2.15. The zero-order chi connectivity index (χ0) is 12.3. The highest BCUT2D eigenvalue weighted by atomic mass is 16.1. The summed E-state index contributed by atoms with van der Waals surface area (Å²) in [5, 5.41) is 4.28. The molecule has 0 aliphatic heterocycles. The third-order valence-corrected chi connectivity index (χ3v) is 2.75. The summed E-state index contributed by atoms with van der Waals surface area (Å²) in [5.41, 5.74) is 3.84. The number of hydrogen-bond acceptors (Lipinski definition) is 4. The number of nitrogens with zero attached hydrogens (tertiary/aromatic N) is 2. The van der Waals surface area contributed by atoms with Crippen molar-refractivity contribution in [3.05, 3.63) is 24.4 Å². The summed E-state index contributed by atoms with van der Waals surface area (Å²) in [7, 11) is 0. The summed E-state index contributed by atoms with van der Waals surface area (Å²) < 4.78 is 0. The fraction of sp³-hybridized carbons (Fsp3) is 0.462. The second-order valence-corrected chi connectivity index (χ2v) is 5.24. The SMILES string of the molecule is CC1(C)CC(=O)C/C(=N\Nc2ccccn2)C1. The Morgan fingerprint density at radius 3 is 2.82 bits per heavy atom. The predicted molar refractivity (Wildman–Crippen MR) is 67.9 cm³/mol. The van der Waals surface area contributed by atoms with Crippen LogP contribution in [0.15, 0.2) is 29.5 Å². The number of pyridine rings is 1. The van der Waals surface area contributed by atoms with Crippen LogP contribution < -0.4 is 5.43 Å². The van der Waals surface area contributed by atoms with Gasteiger partial charge >= 0.3 is 0 Å². The molecule has 1 aliphatic carbocycles. The maximum atomic E-state index is 11.6. The van der Waals surface area contributed by atoms with Gasteiger partial charge in [-0.1, -0.05) is 19.9 Å². The number of hydrazone groups is 1. The van der Waals surface area contributed by atoms with Crippen molar-refractivity contribution in [2.45, 2.75) is 33.1 Å². The molecule has 0 bridgehead atoms. The largest absolute Gasteiger partial charge is 0.299 e. The van der Waals surface area contributed by atoms with Gasteiger partial charge in [0.05, 0.1) is 0 Å². The van der Waals surface area contributed by atoms with Gasteiger partial charge in [0.15, 0.2) is 0 Å². The minimum absolute atomic E-state index is 0.0277. The molecule has 0 spiro atoms. The van der Waals surface area contributed by atoms with Gasteiger partial charge in [0.2, 0.25) is 0 Å². The van der Waals surface area contributed by atoms with E-state index in [2.05, 4.69) is 29.4 Å². The van der Waals surface area contributed by atoms with E-state index >= 15 is 0 Å². The highest BCUT2D eigenvalue weighted by Gasteiger charge is 2.30. The molecule has 1 heterocycles. The zero-order valence-corrected chi connectivity index (χ0v) is 10.2. The molecule has 0 aromatic carbocycles. The second kappa shape index (κ2) is 4.65. The Labute approximate surface area is 101 Å². The molecule has 4 heteroatoms. The number of carbonyl (C=O) groups is 1. The van der Waals surface area contributed by atoms with Gasteiger partial charge < -0.3 is 0 Å². The third-order valence-electron chi connectivity index (χ3n) is 2.75. The minimum atomic E-state index is 0.0277. The molecule has 17 heavy (non-hydrogen) atoms. The molecule has 4 nitrogen and oxygen atoms in total. The molecule has 1 aromatic rings. The van der Waals surface area contributed by atoms with E-state index in [-0.39, 0.29) is 11.2 Å². The summed E-state index contributed by atoms with van der Waals surface area (Å²) in [6.45, 7) is 4.20. The first-order valence-electron chi connectivity index (χ1n) is 5.79. The molecule has 0 amide bonds. The van der Waals surface area contributed by atoms with Gasteiger partial charge in [0.1, 0.15) is 11.6 Å². The van der Waals surface area contributed by atoms with Crippen LogP contribution in [0.5, 0.6) is 0 Å². The van der Waals surface area contributed by atoms with Crippen LogP contribution in [0.4, 0.5) is 5.82 Å². The number of Topliss-reactive ketones (excluding diaryl/α,β-unsaturated/α-hetero) is 1. The van der Waals surface area contributed by atoms with E-state index in [0.29, 0.717) is 18.7 Å². The van der Waals surface area contributed by atoms with Crippen molar-refractivity contribution in [2.75, 3.05) is 5.43 Å². The van der Waals surface area contributed by atoms with Crippen molar-refractivity contribution in [1.29, 1.82) is 0 Å². The van der Waals surface area contributed by atoms with Crippen molar-refractivity contribution in [1.82, 2.24) is 4.98 Å². The summed E-state index contributed by atoms with van der Waals surface area (Å²) in [6, 6.07) is 5.59. The Hall–Kier alpha value is -1.71. The van der Waals surface area contributed by atoms with Gasteiger partial charge in [0.25, 0.3) is 0 Å². The number of ketones is 1. The lowest BCUT2D eigenvalue weighted by molar-refractivity contribution is -0.120. The monoisotopic (exact) mass is 231 g/mol. The topological polar surface area (TPSA) is 54.4 Å². The Balaban J connectivity index is 2.05. The standard InChI is InChI=1S/C13H17N3O/c1-13(2)8-10(7-11(17)9-13)15-16-12-5-3-4-6-14-12/h3-6H,7-9H2,1-2H3,(H,14,16)/b15-10+. The molecular formula is C13H17N3O.